The molecule has 0 aliphatic heterocycles. The lowest BCUT2D eigenvalue weighted by atomic mass is 10.2. The van der Waals surface area contributed by atoms with E-state index in [0.29, 0.717) is 16.3 Å². The number of aromatic nitrogens is 3. The molecule has 3 aromatic rings. The molecule has 0 saturated heterocycles. The monoisotopic (exact) mass is 366 g/mol. The number of methoxy groups -OCH3 is 2. The molecule has 6 nitrogen and oxygen atoms in total. The molecule has 0 amide bonds. The molecule has 0 atom stereocenters. The number of aromatic amines is 1. The molecule has 1 heterocycles. The maximum absolute atomic E-state index is 5.39. The molecule has 132 valence electrons. The molecule has 1 N–H and O–H groups in total. The number of rotatable bonds is 6. The van der Waals surface area contributed by atoms with Crippen LogP contribution >= 0.6 is 12.2 Å². The second kappa shape index (κ2) is 8.26. The lowest BCUT2D eigenvalue weighted by Crippen LogP contribution is -1.96. The first-order chi connectivity index (χ1) is 12.7. The number of allylic oxidation sites excluding steroid dienone is 1. The average molecular weight is 366 g/mol. The quantitative estimate of drug-likeness (QED) is 0.525. The zero-order chi connectivity index (χ0) is 18.4. The largest absolute Gasteiger partial charge is 0.496 e. The molecule has 0 saturated carbocycles. The van der Waals surface area contributed by atoms with Crippen molar-refractivity contribution >= 4 is 24.5 Å². The molecular weight excluding hydrogens is 348 g/mol. The second-order valence-corrected chi connectivity index (χ2v) is 5.62. The van der Waals surface area contributed by atoms with E-state index in [2.05, 4.69) is 15.3 Å². The van der Waals surface area contributed by atoms with Crippen LogP contribution in [0, 0.1) is 4.77 Å². The first-order valence-corrected chi connectivity index (χ1v) is 8.30. The van der Waals surface area contributed by atoms with Crippen molar-refractivity contribution in [3.8, 4) is 22.9 Å². The van der Waals surface area contributed by atoms with Gasteiger partial charge in [-0.25, -0.2) is 5.10 Å². The second-order valence-electron chi connectivity index (χ2n) is 5.23. The standard InChI is InChI=1S/C19H18N4O2S/c1-24-16-11-5-3-8-14(16)9-7-13-20-23-18(21-22-19(23)26)15-10-4-6-12-17(15)25-2/h3-13H,1-2H3,(H,22,26). The molecule has 0 aliphatic rings. The fourth-order valence-electron chi connectivity index (χ4n) is 2.46. The van der Waals surface area contributed by atoms with Crippen LogP contribution in [-0.4, -0.2) is 35.3 Å². The Bertz CT molecular complexity index is 1000. The van der Waals surface area contributed by atoms with Gasteiger partial charge in [0.1, 0.15) is 11.5 Å². The molecule has 0 fully saturated rings. The molecule has 0 spiro atoms. The van der Waals surface area contributed by atoms with Crippen molar-refractivity contribution in [1.29, 1.82) is 0 Å². The lowest BCUT2D eigenvalue weighted by Gasteiger charge is -2.06. The van der Waals surface area contributed by atoms with Crippen LogP contribution in [-0.2, 0) is 0 Å². The Morgan fingerprint density at radius 1 is 1.04 bits per heavy atom. The third-order valence-corrected chi connectivity index (χ3v) is 3.95. The molecular formula is C19H18N4O2S. The number of benzene rings is 2. The predicted octanol–water partition coefficient (Wildman–Crippen LogP) is 4.17. The van der Waals surface area contributed by atoms with Crippen LogP contribution in [0.25, 0.3) is 17.5 Å². The number of H-pyrrole nitrogens is 1. The van der Waals surface area contributed by atoms with Crippen LogP contribution in [0.5, 0.6) is 11.5 Å². The third-order valence-electron chi connectivity index (χ3n) is 3.68. The number of hydrogen-bond acceptors (Lipinski definition) is 5. The normalized spacial score (nSPS) is 11.3. The Hall–Kier alpha value is -3.19. The summed E-state index contributed by atoms with van der Waals surface area (Å²) in [4.78, 5) is 0. The van der Waals surface area contributed by atoms with Gasteiger partial charge in [0, 0.05) is 11.8 Å². The Kier molecular flexibility index (Phi) is 5.60. The van der Waals surface area contributed by atoms with E-state index in [1.165, 1.54) is 0 Å². The minimum atomic E-state index is 0.396. The molecule has 1 aromatic heterocycles. The number of hydrogen-bond donors (Lipinski definition) is 1. The van der Waals surface area contributed by atoms with Crippen LogP contribution in [0.3, 0.4) is 0 Å². The van der Waals surface area contributed by atoms with E-state index in [1.807, 2.05) is 60.7 Å². The zero-order valence-corrected chi connectivity index (χ0v) is 15.2. The molecule has 0 unspecified atom stereocenters. The van der Waals surface area contributed by atoms with Gasteiger partial charge in [-0.3, -0.25) is 0 Å². The smallest absolute Gasteiger partial charge is 0.216 e. The van der Waals surface area contributed by atoms with Crippen LogP contribution < -0.4 is 9.47 Å². The summed E-state index contributed by atoms with van der Waals surface area (Å²) in [5.41, 5.74) is 1.76. The molecule has 3 rings (SSSR count). The minimum Gasteiger partial charge on any atom is -0.496 e. The van der Waals surface area contributed by atoms with Gasteiger partial charge in [-0.05, 0) is 42.6 Å². The summed E-state index contributed by atoms with van der Waals surface area (Å²) in [6.45, 7) is 0. The summed E-state index contributed by atoms with van der Waals surface area (Å²) < 4.78 is 12.7. The van der Waals surface area contributed by atoms with E-state index in [1.54, 1.807) is 25.1 Å². The Morgan fingerprint density at radius 2 is 1.73 bits per heavy atom. The van der Waals surface area contributed by atoms with E-state index in [-0.39, 0.29) is 0 Å². The van der Waals surface area contributed by atoms with Crippen molar-refractivity contribution in [3.63, 3.8) is 0 Å². The van der Waals surface area contributed by atoms with Crippen LogP contribution in [0.15, 0.2) is 59.7 Å². The molecule has 7 heteroatoms. The lowest BCUT2D eigenvalue weighted by molar-refractivity contribution is 0.414. The maximum Gasteiger partial charge on any atom is 0.216 e. The van der Waals surface area contributed by atoms with Gasteiger partial charge in [-0.15, -0.1) is 0 Å². The van der Waals surface area contributed by atoms with Crippen LogP contribution in [0.1, 0.15) is 5.56 Å². The maximum atomic E-state index is 5.39. The summed E-state index contributed by atoms with van der Waals surface area (Å²) in [7, 11) is 3.26. The van der Waals surface area contributed by atoms with Crippen molar-refractivity contribution < 1.29 is 9.47 Å². The summed E-state index contributed by atoms with van der Waals surface area (Å²) in [5, 5.41) is 11.4. The van der Waals surface area contributed by atoms with Crippen LogP contribution in [0.4, 0.5) is 0 Å². The van der Waals surface area contributed by atoms with Crippen molar-refractivity contribution in [2.45, 2.75) is 0 Å². The first-order valence-electron chi connectivity index (χ1n) is 7.89. The Morgan fingerprint density at radius 3 is 2.50 bits per heavy atom. The summed E-state index contributed by atoms with van der Waals surface area (Å²) in [6.07, 6.45) is 5.38. The van der Waals surface area contributed by atoms with Crippen molar-refractivity contribution in [3.05, 3.63) is 64.9 Å². The van der Waals surface area contributed by atoms with E-state index in [9.17, 15) is 0 Å². The molecule has 26 heavy (non-hydrogen) atoms. The van der Waals surface area contributed by atoms with Gasteiger partial charge in [-0.1, -0.05) is 30.3 Å². The first kappa shape index (κ1) is 17.6. The highest BCUT2D eigenvalue weighted by molar-refractivity contribution is 7.71. The topological polar surface area (TPSA) is 64.4 Å². The van der Waals surface area contributed by atoms with E-state index >= 15 is 0 Å². The van der Waals surface area contributed by atoms with Gasteiger partial charge < -0.3 is 9.47 Å². The minimum absolute atomic E-state index is 0.396. The summed E-state index contributed by atoms with van der Waals surface area (Å²) >= 11 is 5.28. The third kappa shape index (κ3) is 3.73. The Labute approximate surface area is 156 Å². The number of ether oxygens (including phenoxy) is 2. The highest BCUT2D eigenvalue weighted by Gasteiger charge is 2.12. The molecule has 2 aromatic carbocycles. The van der Waals surface area contributed by atoms with Gasteiger partial charge in [-0.2, -0.15) is 14.9 Å². The van der Waals surface area contributed by atoms with Gasteiger partial charge >= 0.3 is 0 Å². The number of nitrogens with one attached hydrogen (secondary N) is 1. The van der Waals surface area contributed by atoms with Crippen molar-refractivity contribution in [2.75, 3.05) is 14.2 Å². The SMILES string of the molecule is COc1ccccc1C=CC=Nn1c(-c2ccccc2OC)n[nH]c1=S. The van der Waals surface area contributed by atoms with E-state index in [4.69, 9.17) is 21.7 Å². The van der Waals surface area contributed by atoms with E-state index in [0.717, 1.165) is 16.9 Å². The molecule has 0 bridgehead atoms. The Balaban J connectivity index is 1.89. The predicted molar refractivity (Wildman–Crippen MR) is 105 cm³/mol. The number of para-hydroxylation sites is 2. The van der Waals surface area contributed by atoms with Gasteiger partial charge in [0.2, 0.25) is 4.77 Å². The zero-order valence-electron chi connectivity index (χ0n) is 14.4. The summed E-state index contributed by atoms with van der Waals surface area (Å²) in [5.74, 6) is 2.07. The molecule has 0 radical (unpaired) electrons. The average Bonchev–Trinajstić information content (AvgIpc) is 3.05. The van der Waals surface area contributed by atoms with Crippen molar-refractivity contribution in [2.24, 2.45) is 5.10 Å². The van der Waals surface area contributed by atoms with Gasteiger partial charge in [0.15, 0.2) is 5.82 Å². The number of nitrogens with zero attached hydrogens (tertiary/aromatic N) is 3. The van der Waals surface area contributed by atoms with Crippen LogP contribution in [0.2, 0.25) is 0 Å². The molecule has 0 aliphatic carbocycles. The van der Waals surface area contributed by atoms with Gasteiger partial charge in [0.05, 0.1) is 19.8 Å². The highest BCUT2D eigenvalue weighted by Crippen LogP contribution is 2.28. The fourth-order valence-corrected chi connectivity index (χ4v) is 2.64. The van der Waals surface area contributed by atoms with E-state index < -0.39 is 0 Å². The summed E-state index contributed by atoms with van der Waals surface area (Å²) in [6, 6.07) is 15.3. The highest BCUT2D eigenvalue weighted by atomic mass is 32.1. The van der Waals surface area contributed by atoms with Gasteiger partial charge in [0.25, 0.3) is 0 Å². The van der Waals surface area contributed by atoms with Crippen molar-refractivity contribution in [1.82, 2.24) is 14.9 Å². The fraction of sp³-hybridized carbons (Fsp3) is 0.105.